The van der Waals surface area contributed by atoms with E-state index in [9.17, 15) is 0 Å². The summed E-state index contributed by atoms with van der Waals surface area (Å²) in [6.07, 6.45) is 4.83. The molecular formula is C14H17Cl2NO. The molecule has 0 amide bonds. The Bertz CT molecular complexity index is 443. The van der Waals surface area contributed by atoms with Gasteiger partial charge in [0.25, 0.3) is 0 Å². The average Bonchev–Trinajstić information content (AvgIpc) is 2.81. The van der Waals surface area contributed by atoms with Crippen molar-refractivity contribution in [2.24, 2.45) is 0 Å². The van der Waals surface area contributed by atoms with E-state index in [0.717, 1.165) is 31.5 Å². The first-order valence-corrected chi connectivity index (χ1v) is 7.28. The molecule has 1 heterocycles. The lowest BCUT2D eigenvalue weighted by atomic mass is 9.97. The Kier molecular flexibility index (Phi) is 3.55. The van der Waals surface area contributed by atoms with E-state index in [-0.39, 0.29) is 11.7 Å². The molecular weight excluding hydrogens is 269 g/mol. The molecule has 1 saturated heterocycles. The minimum Gasteiger partial charge on any atom is -0.364 e. The van der Waals surface area contributed by atoms with Gasteiger partial charge in [0.05, 0.1) is 21.8 Å². The number of halogens is 2. The number of benzene rings is 1. The third-order valence-electron chi connectivity index (χ3n) is 4.01. The monoisotopic (exact) mass is 285 g/mol. The van der Waals surface area contributed by atoms with Crippen molar-refractivity contribution in [3.05, 3.63) is 33.8 Å². The lowest BCUT2D eigenvalue weighted by Crippen LogP contribution is -2.49. The van der Waals surface area contributed by atoms with Crippen LogP contribution in [0.15, 0.2) is 18.2 Å². The molecule has 18 heavy (non-hydrogen) atoms. The van der Waals surface area contributed by atoms with Gasteiger partial charge in [-0.05, 0) is 18.9 Å². The van der Waals surface area contributed by atoms with E-state index >= 15 is 0 Å². The van der Waals surface area contributed by atoms with Crippen molar-refractivity contribution in [2.75, 3.05) is 13.1 Å². The van der Waals surface area contributed by atoms with Crippen molar-refractivity contribution in [1.82, 2.24) is 5.32 Å². The number of hydrogen-bond donors (Lipinski definition) is 1. The standard InChI is InChI=1S/C14H17Cl2NO/c15-11-5-3-4-10(13(11)16)12-8-17-9-14(18-12)6-1-2-7-14/h3-5,12,17H,1-2,6-9H2. The zero-order chi connectivity index (χ0) is 12.6. The average molecular weight is 286 g/mol. The fourth-order valence-corrected chi connectivity index (χ4v) is 3.50. The minimum absolute atomic E-state index is 0.0167. The quantitative estimate of drug-likeness (QED) is 0.843. The van der Waals surface area contributed by atoms with Crippen LogP contribution in [0.25, 0.3) is 0 Å². The van der Waals surface area contributed by atoms with Crippen LogP contribution in [0.4, 0.5) is 0 Å². The highest BCUT2D eigenvalue weighted by molar-refractivity contribution is 6.42. The predicted molar refractivity (Wildman–Crippen MR) is 74.4 cm³/mol. The summed E-state index contributed by atoms with van der Waals surface area (Å²) in [6, 6.07) is 5.76. The van der Waals surface area contributed by atoms with Crippen molar-refractivity contribution in [3.63, 3.8) is 0 Å². The molecule has 0 bridgehead atoms. The number of hydrogen-bond acceptors (Lipinski definition) is 2. The van der Waals surface area contributed by atoms with E-state index in [0.29, 0.717) is 10.0 Å². The first-order valence-electron chi connectivity index (χ1n) is 6.53. The molecule has 4 heteroatoms. The molecule has 1 spiro atoms. The van der Waals surface area contributed by atoms with E-state index in [1.165, 1.54) is 12.8 Å². The molecule has 1 aromatic rings. The summed E-state index contributed by atoms with van der Waals surface area (Å²) in [4.78, 5) is 0. The van der Waals surface area contributed by atoms with Crippen LogP contribution in [-0.4, -0.2) is 18.7 Å². The van der Waals surface area contributed by atoms with Crippen molar-refractivity contribution in [1.29, 1.82) is 0 Å². The highest BCUT2D eigenvalue weighted by atomic mass is 35.5. The summed E-state index contributed by atoms with van der Waals surface area (Å²) in [6.45, 7) is 1.77. The molecule has 1 aliphatic heterocycles. The van der Waals surface area contributed by atoms with Gasteiger partial charge in [-0.15, -0.1) is 0 Å². The van der Waals surface area contributed by atoms with Crippen molar-refractivity contribution in [2.45, 2.75) is 37.4 Å². The third-order valence-corrected chi connectivity index (χ3v) is 4.85. The molecule has 1 atom stereocenters. The van der Waals surface area contributed by atoms with Gasteiger partial charge in [-0.1, -0.05) is 48.2 Å². The van der Waals surface area contributed by atoms with Crippen molar-refractivity contribution < 1.29 is 4.74 Å². The van der Waals surface area contributed by atoms with Gasteiger partial charge in [0.1, 0.15) is 0 Å². The summed E-state index contributed by atoms with van der Waals surface area (Å²) in [5.74, 6) is 0. The van der Waals surface area contributed by atoms with Crippen LogP contribution in [0.2, 0.25) is 10.0 Å². The molecule has 0 radical (unpaired) electrons. The minimum atomic E-state index is 0.0167. The normalized spacial score (nSPS) is 26.7. The van der Waals surface area contributed by atoms with Crippen LogP contribution in [0.1, 0.15) is 37.4 Å². The molecule has 1 N–H and O–H groups in total. The molecule has 98 valence electrons. The van der Waals surface area contributed by atoms with E-state index in [1.807, 2.05) is 18.2 Å². The van der Waals surface area contributed by atoms with Gasteiger partial charge in [-0.2, -0.15) is 0 Å². The Labute approximate surface area is 118 Å². The van der Waals surface area contributed by atoms with Gasteiger partial charge >= 0.3 is 0 Å². The maximum Gasteiger partial charge on any atom is 0.0972 e. The summed E-state index contributed by atoms with van der Waals surface area (Å²) in [7, 11) is 0. The van der Waals surface area contributed by atoms with Gasteiger partial charge in [0.2, 0.25) is 0 Å². The van der Waals surface area contributed by atoms with Crippen LogP contribution in [0.5, 0.6) is 0 Å². The number of nitrogens with one attached hydrogen (secondary N) is 1. The molecule has 1 aromatic carbocycles. The Morgan fingerprint density at radius 1 is 1.22 bits per heavy atom. The van der Waals surface area contributed by atoms with Crippen molar-refractivity contribution in [3.8, 4) is 0 Å². The van der Waals surface area contributed by atoms with E-state index in [4.69, 9.17) is 27.9 Å². The second-order valence-electron chi connectivity index (χ2n) is 5.27. The molecule has 2 aliphatic rings. The largest absolute Gasteiger partial charge is 0.364 e. The SMILES string of the molecule is Clc1cccc(C2CNCC3(CCCC3)O2)c1Cl. The van der Waals surface area contributed by atoms with E-state index in [2.05, 4.69) is 5.32 Å². The Balaban J connectivity index is 1.85. The topological polar surface area (TPSA) is 21.3 Å². The van der Waals surface area contributed by atoms with Crippen LogP contribution < -0.4 is 5.32 Å². The molecule has 1 saturated carbocycles. The summed E-state index contributed by atoms with van der Waals surface area (Å²) in [5, 5.41) is 4.71. The van der Waals surface area contributed by atoms with Gasteiger partial charge in [0.15, 0.2) is 0 Å². The fraction of sp³-hybridized carbons (Fsp3) is 0.571. The molecule has 1 unspecified atom stereocenters. The maximum absolute atomic E-state index is 6.35. The summed E-state index contributed by atoms with van der Waals surface area (Å²) in [5.41, 5.74) is 1.02. The smallest absolute Gasteiger partial charge is 0.0972 e. The number of morpholine rings is 1. The van der Waals surface area contributed by atoms with Crippen LogP contribution in [-0.2, 0) is 4.74 Å². The van der Waals surface area contributed by atoms with Gasteiger partial charge in [0, 0.05) is 18.7 Å². The molecule has 3 rings (SSSR count). The Hall–Kier alpha value is -0.280. The van der Waals surface area contributed by atoms with Crippen LogP contribution in [0, 0.1) is 0 Å². The molecule has 0 aromatic heterocycles. The van der Waals surface area contributed by atoms with Crippen molar-refractivity contribution >= 4 is 23.2 Å². The second-order valence-corrected chi connectivity index (χ2v) is 6.06. The fourth-order valence-electron chi connectivity index (χ4n) is 3.07. The summed E-state index contributed by atoms with van der Waals surface area (Å²) < 4.78 is 6.35. The summed E-state index contributed by atoms with van der Waals surface area (Å²) >= 11 is 12.4. The Morgan fingerprint density at radius 3 is 2.78 bits per heavy atom. The van der Waals surface area contributed by atoms with E-state index < -0.39 is 0 Å². The lowest BCUT2D eigenvalue weighted by Gasteiger charge is -2.39. The maximum atomic E-state index is 6.35. The zero-order valence-corrected chi connectivity index (χ0v) is 11.7. The second kappa shape index (κ2) is 5.01. The zero-order valence-electron chi connectivity index (χ0n) is 10.2. The third kappa shape index (κ3) is 2.27. The predicted octanol–water partition coefficient (Wildman–Crippen LogP) is 3.97. The van der Waals surface area contributed by atoms with Gasteiger partial charge in [-0.3, -0.25) is 0 Å². The van der Waals surface area contributed by atoms with Crippen LogP contribution in [0.3, 0.4) is 0 Å². The molecule has 2 fully saturated rings. The van der Waals surface area contributed by atoms with Gasteiger partial charge in [-0.25, -0.2) is 0 Å². The lowest BCUT2D eigenvalue weighted by molar-refractivity contribution is -0.114. The number of rotatable bonds is 1. The highest BCUT2D eigenvalue weighted by Crippen LogP contribution is 2.41. The number of ether oxygens (including phenoxy) is 1. The first-order chi connectivity index (χ1) is 8.70. The molecule has 1 aliphatic carbocycles. The Morgan fingerprint density at radius 2 is 2.00 bits per heavy atom. The first kappa shape index (κ1) is 12.7. The highest BCUT2D eigenvalue weighted by Gasteiger charge is 2.40. The van der Waals surface area contributed by atoms with Crippen LogP contribution >= 0.6 is 23.2 Å². The van der Waals surface area contributed by atoms with E-state index in [1.54, 1.807) is 0 Å². The molecule has 2 nitrogen and oxygen atoms in total. The van der Waals surface area contributed by atoms with Gasteiger partial charge < -0.3 is 10.1 Å².